The number of carbonyl (C=O) groups is 2. The van der Waals surface area contributed by atoms with Gasteiger partial charge in [0.1, 0.15) is 11.5 Å². The minimum Gasteiger partial charge on any atom is -0.494 e. The van der Waals surface area contributed by atoms with Crippen LogP contribution in [0, 0.1) is 0 Å². The van der Waals surface area contributed by atoms with Crippen LogP contribution in [0.2, 0.25) is 5.02 Å². The number of hydrogen-bond acceptors (Lipinski definition) is 7. The second kappa shape index (κ2) is 13.7. The molecular formula is C27H27ClN2O6. The number of hydrogen-bond donors (Lipinski definition) is 1. The van der Waals surface area contributed by atoms with Gasteiger partial charge in [-0.2, -0.15) is 5.10 Å². The fraction of sp³-hybridized carbons (Fsp3) is 0.222. The van der Waals surface area contributed by atoms with Crippen molar-refractivity contribution in [2.45, 2.75) is 19.8 Å². The van der Waals surface area contributed by atoms with Crippen molar-refractivity contribution in [1.82, 2.24) is 5.43 Å². The van der Waals surface area contributed by atoms with Gasteiger partial charge < -0.3 is 18.9 Å². The SMILES string of the molecule is CCCCOc1ccc(C(=O)Oc2ccc(/C=N\NC(=O)COc3ccc(Cl)cc3)cc2OC)cc1. The Morgan fingerprint density at radius 3 is 2.33 bits per heavy atom. The number of hydrazone groups is 1. The Bertz CT molecular complexity index is 1180. The van der Waals surface area contributed by atoms with Gasteiger partial charge in [0.15, 0.2) is 18.1 Å². The van der Waals surface area contributed by atoms with Crippen LogP contribution in [0.15, 0.2) is 71.8 Å². The second-order valence-corrected chi connectivity index (χ2v) is 8.00. The molecule has 3 rings (SSSR count). The fourth-order valence-corrected chi connectivity index (χ4v) is 3.05. The zero-order valence-electron chi connectivity index (χ0n) is 20.0. The van der Waals surface area contributed by atoms with Gasteiger partial charge >= 0.3 is 5.97 Å². The van der Waals surface area contributed by atoms with E-state index in [0.29, 0.717) is 40.0 Å². The number of nitrogens with zero attached hydrogens (tertiary/aromatic N) is 1. The van der Waals surface area contributed by atoms with Crippen LogP contribution >= 0.6 is 11.6 Å². The third-order valence-electron chi connectivity index (χ3n) is 4.83. The number of amides is 1. The molecule has 8 nitrogen and oxygen atoms in total. The van der Waals surface area contributed by atoms with Gasteiger partial charge in [-0.25, -0.2) is 10.2 Å². The normalized spacial score (nSPS) is 10.6. The van der Waals surface area contributed by atoms with Gasteiger partial charge in [-0.1, -0.05) is 24.9 Å². The lowest BCUT2D eigenvalue weighted by molar-refractivity contribution is -0.123. The molecule has 0 radical (unpaired) electrons. The molecule has 0 aliphatic rings. The quantitative estimate of drug-likeness (QED) is 0.117. The molecule has 0 saturated heterocycles. The lowest BCUT2D eigenvalue weighted by Gasteiger charge is -2.10. The number of ether oxygens (including phenoxy) is 4. The van der Waals surface area contributed by atoms with Gasteiger partial charge in [0.2, 0.25) is 0 Å². The van der Waals surface area contributed by atoms with Gasteiger partial charge in [-0.15, -0.1) is 0 Å². The number of carbonyl (C=O) groups excluding carboxylic acids is 2. The van der Waals surface area contributed by atoms with E-state index >= 15 is 0 Å². The van der Waals surface area contributed by atoms with Crippen LogP contribution < -0.4 is 24.4 Å². The Morgan fingerprint density at radius 2 is 1.64 bits per heavy atom. The van der Waals surface area contributed by atoms with Gasteiger partial charge in [0, 0.05) is 5.02 Å². The van der Waals surface area contributed by atoms with Crippen LogP contribution in [0.4, 0.5) is 0 Å². The molecule has 0 aliphatic heterocycles. The summed E-state index contributed by atoms with van der Waals surface area (Å²) in [5, 5.41) is 4.49. The summed E-state index contributed by atoms with van der Waals surface area (Å²) in [5.41, 5.74) is 3.39. The highest BCUT2D eigenvalue weighted by molar-refractivity contribution is 6.30. The number of rotatable bonds is 12. The molecule has 0 heterocycles. The van der Waals surface area contributed by atoms with E-state index in [1.165, 1.54) is 13.3 Å². The first-order chi connectivity index (χ1) is 17.5. The smallest absolute Gasteiger partial charge is 0.343 e. The van der Waals surface area contributed by atoms with E-state index in [-0.39, 0.29) is 12.4 Å². The Hall–Kier alpha value is -4.04. The molecule has 0 spiro atoms. The van der Waals surface area contributed by atoms with E-state index in [9.17, 15) is 9.59 Å². The van der Waals surface area contributed by atoms with Crippen molar-refractivity contribution in [2.24, 2.45) is 5.10 Å². The van der Waals surface area contributed by atoms with Crippen molar-refractivity contribution in [3.05, 3.63) is 82.9 Å². The number of esters is 1. The molecule has 1 N–H and O–H groups in total. The topological polar surface area (TPSA) is 95.5 Å². The van der Waals surface area contributed by atoms with E-state index in [1.807, 2.05) is 0 Å². The zero-order valence-corrected chi connectivity index (χ0v) is 20.8. The highest BCUT2D eigenvalue weighted by atomic mass is 35.5. The maximum absolute atomic E-state index is 12.6. The Balaban J connectivity index is 1.52. The van der Waals surface area contributed by atoms with Crippen molar-refractivity contribution in [3.8, 4) is 23.0 Å². The molecule has 0 aliphatic carbocycles. The van der Waals surface area contributed by atoms with Crippen LogP contribution in [-0.2, 0) is 4.79 Å². The highest BCUT2D eigenvalue weighted by Gasteiger charge is 2.13. The first-order valence-corrected chi connectivity index (χ1v) is 11.7. The maximum Gasteiger partial charge on any atom is 0.343 e. The van der Waals surface area contributed by atoms with Gasteiger partial charge in [-0.3, -0.25) is 4.79 Å². The van der Waals surface area contributed by atoms with E-state index in [0.717, 1.165) is 12.8 Å². The zero-order chi connectivity index (χ0) is 25.8. The van der Waals surface area contributed by atoms with Crippen molar-refractivity contribution in [2.75, 3.05) is 20.3 Å². The predicted octanol–water partition coefficient (Wildman–Crippen LogP) is 5.28. The first-order valence-electron chi connectivity index (χ1n) is 11.3. The summed E-state index contributed by atoms with van der Waals surface area (Å²) in [5.74, 6) is 0.852. The van der Waals surface area contributed by atoms with E-state index < -0.39 is 11.9 Å². The summed E-state index contributed by atoms with van der Waals surface area (Å²) in [7, 11) is 1.46. The largest absolute Gasteiger partial charge is 0.494 e. The summed E-state index contributed by atoms with van der Waals surface area (Å²) in [6, 6.07) is 18.3. The summed E-state index contributed by atoms with van der Waals surface area (Å²) >= 11 is 5.82. The van der Waals surface area contributed by atoms with Crippen LogP contribution in [0.1, 0.15) is 35.7 Å². The summed E-state index contributed by atoms with van der Waals surface area (Å²) in [4.78, 5) is 24.5. The molecule has 36 heavy (non-hydrogen) atoms. The average Bonchev–Trinajstić information content (AvgIpc) is 2.89. The number of benzene rings is 3. The molecule has 3 aromatic rings. The second-order valence-electron chi connectivity index (χ2n) is 7.56. The van der Waals surface area contributed by atoms with Crippen LogP contribution in [0.25, 0.3) is 0 Å². The molecule has 0 fully saturated rings. The highest BCUT2D eigenvalue weighted by Crippen LogP contribution is 2.28. The molecule has 0 bridgehead atoms. The third kappa shape index (κ3) is 8.32. The van der Waals surface area contributed by atoms with Crippen molar-refractivity contribution in [1.29, 1.82) is 0 Å². The molecule has 1 amide bonds. The van der Waals surface area contributed by atoms with E-state index in [1.54, 1.807) is 66.7 Å². The van der Waals surface area contributed by atoms with Crippen molar-refractivity contribution in [3.63, 3.8) is 0 Å². The minimum absolute atomic E-state index is 0.205. The van der Waals surface area contributed by atoms with E-state index in [2.05, 4.69) is 17.5 Å². The monoisotopic (exact) mass is 510 g/mol. The first kappa shape index (κ1) is 26.6. The minimum atomic E-state index is -0.525. The Labute approximate surface area is 214 Å². The molecular weight excluding hydrogens is 484 g/mol. The average molecular weight is 511 g/mol. The number of nitrogens with one attached hydrogen (secondary N) is 1. The van der Waals surface area contributed by atoms with Crippen LogP contribution in [-0.4, -0.2) is 38.4 Å². The Morgan fingerprint density at radius 1 is 0.944 bits per heavy atom. The summed E-state index contributed by atoms with van der Waals surface area (Å²) < 4.78 is 21.8. The molecule has 9 heteroatoms. The molecule has 3 aromatic carbocycles. The molecule has 0 unspecified atom stereocenters. The fourth-order valence-electron chi connectivity index (χ4n) is 2.92. The summed E-state index contributed by atoms with van der Waals surface area (Å²) in [6.45, 7) is 2.52. The van der Waals surface area contributed by atoms with Crippen molar-refractivity contribution >= 4 is 29.7 Å². The lowest BCUT2D eigenvalue weighted by Crippen LogP contribution is -2.24. The third-order valence-corrected chi connectivity index (χ3v) is 5.09. The van der Waals surface area contributed by atoms with E-state index in [4.69, 9.17) is 30.5 Å². The standard InChI is InChI=1S/C27H27ClN2O6/c1-3-4-15-34-22-10-6-20(7-11-22)27(32)36-24-14-5-19(16-25(24)33-2)17-29-30-26(31)18-35-23-12-8-21(28)9-13-23/h5-14,16-17H,3-4,15,18H2,1-2H3,(H,30,31)/b29-17-. The predicted molar refractivity (Wildman–Crippen MR) is 137 cm³/mol. The lowest BCUT2D eigenvalue weighted by atomic mass is 10.2. The van der Waals surface area contributed by atoms with Gasteiger partial charge in [-0.05, 0) is 78.7 Å². The molecule has 188 valence electrons. The van der Waals surface area contributed by atoms with Gasteiger partial charge in [0.05, 0.1) is 25.5 Å². The molecule has 0 aromatic heterocycles. The van der Waals surface area contributed by atoms with Crippen molar-refractivity contribution < 1.29 is 28.5 Å². The molecule has 0 atom stereocenters. The van der Waals surface area contributed by atoms with Crippen LogP contribution in [0.5, 0.6) is 23.0 Å². The number of unbranched alkanes of at least 4 members (excludes halogenated alkanes) is 1. The number of methoxy groups -OCH3 is 1. The summed E-state index contributed by atoms with van der Waals surface area (Å²) in [6.07, 6.45) is 3.45. The van der Waals surface area contributed by atoms with Crippen LogP contribution in [0.3, 0.4) is 0 Å². The molecule has 0 saturated carbocycles. The Kier molecular flexibility index (Phi) is 10.1. The number of halogens is 1. The van der Waals surface area contributed by atoms with Gasteiger partial charge in [0.25, 0.3) is 5.91 Å². The maximum atomic E-state index is 12.6.